The van der Waals surface area contributed by atoms with E-state index < -0.39 is 42.6 Å². The predicted octanol–water partition coefficient (Wildman–Crippen LogP) is 2.36. The number of carbonyl (C=O) groups is 6. The highest BCUT2D eigenvalue weighted by Gasteiger charge is 2.36. The molecule has 2 unspecified atom stereocenters. The van der Waals surface area contributed by atoms with Gasteiger partial charge in [0.15, 0.2) is 12.3 Å². The number of piperazine rings is 1. The van der Waals surface area contributed by atoms with Crippen molar-refractivity contribution >= 4 is 35.7 Å². The molecule has 0 bridgehead atoms. The first-order valence-corrected chi connectivity index (χ1v) is 18.3. The number of para-hydroxylation sites is 1. The average molecular weight is 744 g/mol. The summed E-state index contributed by atoms with van der Waals surface area (Å²) in [6, 6.07) is 17.8. The van der Waals surface area contributed by atoms with E-state index in [0.29, 0.717) is 25.1 Å². The first kappa shape index (κ1) is 37.8. The summed E-state index contributed by atoms with van der Waals surface area (Å²) >= 11 is 0. The van der Waals surface area contributed by atoms with Crippen LogP contribution in [0.4, 0.5) is 4.79 Å². The van der Waals surface area contributed by atoms with Crippen LogP contribution >= 0.6 is 0 Å². The third-order valence-corrected chi connectivity index (χ3v) is 9.93. The largest absolute Gasteiger partial charge is 0.467 e. The molecule has 3 aliphatic rings. The summed E-state index contributed by atoms with van der Waals surface area (Å²) in [4.78, 5) is 82.2. The maximum Gasteiger partial charge on any atom is 0.407 e. The van der Waals surface area contributed by atoms with E-state index in [2.05, 4.69) is 15.7 Å². The van der Waals surface area contributed by atoms with Gasteiger partial charge in [0.1, 0.15) is 18.7 Å². The lowest BCUT2D eigenvalue weighted by Gasteiger charge is -2.35. The summed E-state index contributed by atoms with van der Waals surface area (Å²) in [6.45, 7) is 0.514. The summed E-state index contributed by atoms with van der Waals surface area (Å²) in [5.41, 5.74) is 1.23. The van der Waals surface area contributed by atoms with Gasteiger partial charge in [0, 0.05) is 51.3 Å². The number of hydrogen-bond acceptors (Lipinski definition) is 9. The molecule has 54 heavy (non-hydrogen) atoms. The zero-order valence-electron chi connectivity index (χ0n) is 29.9. The Labute approximate surface area is 312 Å². The first-order valence-electron chi connectivity index (χ1n) is 18.3. The Hall–Kier alpha value is -5.93. The number of benzene rings is 2. The molecular formula is C38H45N7O9. The molecule has 1 aliphatic carbocycles. The van der Waals surface area contributed by atoms with Gasteiger partial charge in [-0.3, -0.25) is 24.0 Å². The van der Waals surface area contributed by atoms with Crippen molar-refractivity contribution in [1.29, 1.82) is 0 Å². The zero-order chi connectivity index (χ0) is 38.0. The maximum atomic E-state index is 13.8. The quantitative estimate of drug-likeness (QED) is 0.207. The Morgan fingerprint density at radius 1 is 0.852 bits per heavy atom. The minimum atomic E-state index is -1.16. The van der Waals surface area contributed by atoms with Crippen molar-refractivity contribution in [1.82, 2.24) is 35.1 Å². The highest BCUT2D eigenvalue weighted by Crippen LogP contribution is 2.24. The van der Waals surface area contributed by atoms with Gasteiger partial charge in [-0.15, -0.1) is 0 Å². The van der Waals surface area contributed by atoms with Gasteiger partial charge in [-0.2, -0.15) is 5.10 Å². The smallest absolute Gasteiger partial charge is 0.407 e. The van der Waals surface area contributed by atoms with Crippen LogP contribution in [0.25, 0.3) is 5.69 Å². The second-order valence-electron chi connectivity index (χ2n) is 13.6. The highest BCUT2D eigenvalue weighted by molar-refractivity contribution is 5.96. The molecule has 16 nitrogen and oxygen atoms in total. The molecule has 3 N–H and O–H groups in total. The van der Waals surface area contributed by atoms with E-state index in [-0.39, 0.29) is 75.1 Å². The van der Waals surface area contributed by atoms with E-state index >= 15 is 0 Å². The fourth-order valence-corrected chi connectivity index (χ4v) is 6.64. The monoisotopic (exact) mass is 743 g/mol. The molecule has 3 aromatic rings. The lowest BCUT2D eigenvalue weighted by molar-refractivity contribution is -0.145. The lowest BCUT2D eigenvalue weighted by Crippen LogP contribution is -2.55. The summed E-state index contributed by atoms with van der Waals surface area (Å²) in [6.07, 6.45) is 2.87. The zero-order valence-corrected chi connectivity index (χ0v) is 29.9. The van der Waals surface area contributed by atoms with Gasteiger partial charge >= 0.3 is 12.1 Å². The number of aromatic nitrogens is 2. The number of amides is 5. The molecule has 286 valence electrons. The highest BCUT2D eigenvalue weighted by atomic mass is 16.5. The molecule has 2 atom stereocenters. The molecule has 6 rings (SSSR count). The average Bonchev–Trinajstić information content (AvgIpc) is 3.85. The molecule has 3 heterocycles. The number of esters is 1. The number of ether oxygens (including phenoxy) is 2. The van der Waals surface area contributed by atoms with Gasteiger partial charge in [0.25, 0.3) is 11.8 Å². The van der Waals surface area contributed by atoms with Crippen molar-refractivity contribution in [3.8, 4) is 11.6 Å². The minimum Gasteiger partial charge on any atom is -0.467 e. The van der Waals surface area contributed by atoms with Gasteiger partial charge < -0.3 is 39.9 Å². The molecule has 2 aliphatic heterocycles. The number of carboxylic acid groups (broad SMARTS) is 1. The Morgan fingerprint density at radius 3 is 2.20 bits per heavy atom. The molecule has 1 saturated carbocycles. The van der Waals surface area contributed by atoms with Crippen LogP contribution in [0.2, 0.25) is 0 Å². The van der Waals surface area contributed by atoms with Crippen molar-refractivity contribution in [3.05, 3.63) is 78.0 Å². The van der Waals surface area contributed by atoms with Crippen molar-refractivity contribution in [2.75, 3.05) is 39.3 Å². The molecule has 2 saturated heterocycles. The van der Waals surface area contributed by atoms with Crippen LogP contribution in [0, 0.1) is 0 Å². The fourth-order valence-electron chi connectivity index (χ4n) is 6.64. The van der Waals surface area contributed by atoms with Crippen LogP contribution < -0.4 is 15.4 Å². The summed E-state index contributed by atoms with van der Waals surface area (Å²) in [5.74, 6) is -2.21. The van der Waals surface area contributed by atoms with Crippen LogP contribution in [0.1, 0.15) is 61.0 Å². The van der Waals surface area contributed by atoms with E-state index in [1.54, 1.807) is 24.3 Å². The van der Waals surface area contributed by atoms with Crippen molar-refractivity contribution in [2.45, 2.75) is 69.7 Å². The number of carbonyl (C=O) groups excluding carboxylic acids is 5. The summed E-state index contributed by atoms with van der Waals surface area (Å²) < 4.78 is 12.7. The van der Waals surface area contributed by atoms with E-state index in [1.165, 1.54) is 25.4 Å². The van der Waals surface area contributed by atoms with Crippen LogP contribution in [-0.4, -0.2) is 123 Å². The van der Waals surface area contributed by atoms with E-state index in [4.69, 9.17) is 9.47 Å². The predicted molar refractivity (Wildman–Crippen MR) is 192 cm³/mol. The van der Waals surface area contributed by atoms with Crippen LogP contribution in [0.3, 0.4) is 0 Å². The van der Waals surface area contributed by atoms with Crippen LogP contribution in [-0.2, 0) is 30.5 Å². The van der Waals surface area contributed by atoms with Crippen molar-refractivity contribution < 1.29 is 43.3 Å². The maximum absolute atomic E-state index is 13.8. The second kappa shape index (κ2) is 17.7. The molecule has 5 amide bonds. The van der Waals surface area contributed by atoms with Gasteiger partial charge in [-0.05, 0) is 56.2 Å². The van der Waals surface area contributed by atoms with Gasteiger partial charge in [-0.25, -0.2) is 9.48 Å². The van der Waals surface area contributed by atoms with E-state index in [1.807, 2.05) is 36.4 Å². The van der Waals surface area contributed by atoms with Gasteiger partial charge in [0.2, 0.25) is 17.7 Å². The Bertz CT molecular complexity index is 1810. The number of likely N-dealkylation sites (tertiary alicyclic amines) is 1. The molecule has 0 spiro atoms. The first-order chi connectivity index (χ1) is 26.2. The van der Waals surface area contributed by atoms with Crippen molar-refractivity contribution in [3.63, 3.8) is 0 Å². The SMILES string of the molecule is O=C(CCC(NC(=O)c1cc(OCC(=O)N2CCCC2C(=O)NC2CCC2)n(-c2ccccc2)n1)C(=O)N1CCN(C(=O)O)CC1)OCc1ccccc1. The summed E-state index contributed by atoms with van der Waals surface area (Å²) in [5, 5.41) is 19.6. The Balaban J connectivity index is 1.15. The Kier molecular flexibility index (Phi) is 12.4. The second-order valence-corrected chi connectivity index (χ2v) is 13.6. The molecule has 0 radical (unpaired) electrons. The van der Waals surface area contributed by atoms with E-state index in [0.717, 1.165) is 24.8 Å². The van der Waals surface area contributed by atoms with Crippen LogP contribution in [0.15, 0.2) is 66.7 Å². The molecule has 1 aromatic heterocycles. The standard InChI is InChI=1S/C38H45N7O9/c46-32(44-18-8-15-31(44)36(49)39-27-11-7-12-27)25-53-33-23-30(41-45(33)28-13-5-2-6-14-28)35(48)40-29(37(50)42-19-21-43(22-20-42)38(51)52)16-17-34(47)54-24-26-9-3-1-4-10-26/h1-6,9-10,13-14,23,27,29,31H,7-8,11-12,15-22,24-25H2,(H,39,49)(H,40,48)(H,51,52). The molecular weight excluding hydrogens is 698 g/mol. The summed E-state index contributed by atoms with van der Waals surface area (Å²) in [7, 11) is 0. The molecule has 2 aromatic carbocycles. The normalized spacial score (nSPS) is 17.6. The van der Waals surface area contributed by atoms with Crippen LogP contribution in [0.5, 0.6) is 5.88 Å². The lowest BCUT2D eigenvalue weighted by atomic mass is 9.93. The third-order valence-electron chi connectivity index (χ3n) is 9.93. The molecule has 3 fully saturated rings. The topological polar surface area (TPSA) is 193 Å². The van der Waals surface area contributed by atoms with Crippen molar-refractivity contribution in [2.24, 2.45) is 0 Å². The van der Waals surface area contributed by atoms with E-state index in [9.17, 15) is 33.9 Å². The fraction of sp³-hybridized carbons (Fsp3) is 0.447. The van der Waals surface area contributed by atoms with Gasteiger partial charge in [-0.1, -0.05) is 48.5 Å². The number of nitrogens with zero attached hydrogens (tertiary/aromatic N) is 5. The third kappa shape index (κ3) is 9.53. The number of hydrogen-bond donors (Lipinski definition) is 3. The number of rotatable bonds is 14. The minimum absolute atomic E-state index is 0.0517. The van der Waals surface area contributed by atoms with Gasteiger partial charge in [0.05, 0.1) is 5.69 Å². The number of nitrogens with one attached hydrogen (secondary N) is 2. The molecule has 16 heteroatoms. The Morgan fingerprint density at radius 2 is 1.54 bits per heavy atom.